The van der Waals surface area contributed by atoms with Crippen LogP contribution in [0.15, 0.2) is 45.8 Å². The molecule has 1 amide bonds. The molecule has 0 radical (unpaired) electrons. The average Bonchev–Trinajstić information content (AvgIpc) is 3.23. The molecule has 0 fully saturated rings. The first-order valence-electron chi connectivity index (χ1n) is 7.02. The quantitative estimate of drug-likeness (QED) is 0.724. The van der Waals surface area contributed by atoms with Gasteiger partial charge in [0.1, 0.15) is 5.69 Å². The van der Waals surface area contributed by atoms with E-state index in [-0.39, 0.29) is 11.9 Å². The summed E-state index contributed by atoms with van der Waals surface area (Å²) in [5.74, 6) is 0.0256. The summed E-state index contributed by atoms with van der Waals surface area (Å²) >= 11 is 1.63. The number of aromatic nitrogens is 4. The van der Waals surface area contributed by atoms with Crippen molar-refractivity contribution < 1.29 is 9.21 Å². The lowest BCUT2D eigenvalue weighted by molar-refractivity contribution is 0.101. The van der Waals surface area contributed by atoms with Gasteiger partial charge in [-0.1, -0.05) is 11.2 Å². The number of nitrogens with zero attached hydrogens (tertiary/aromatic N) is 4. The molecule has 0 bridgehead atoms. The number of amides is 1. The zero-order chi connectivity index (χ0) is 16.2. The summed E-state index contributed by atoms with van der Waals surface area (Å²) in [6.07, 6.45) is 3.57. The third-order valence-corrected chi connectivity index (χ3v) is 3.94. The number of rotatable bonds is 5. The van der Waals surface area contributed by atoms with Crippen molar-refractivity contribution in [3.8, 4) is 11.5 Å². The summed E-state index contributed by atoms with van der Waals surface area (Å²) < 4.78 is 7.11. The lowest BCUT2D eigenvalue weighted by atomic mass is 10.2. The standard InChI is InChI=1S/C15H15N5O2S/c1-3-20-12(7-8-16-20)13(21)17-15-19-18-14(22-15)10-5-4-6-11(9-10)23-2/h4-9H,3H2,1-2H3,(H,17,19,21). The molecule has 0 aliphatic carbocycles. The first-order valence-corrected chi connectivity index (χ1v) is 8.25. The van der Waals surface area contributed by atoms with Gasteiger partial charge in [-0.15, -0.1) is 16.9 Å². The number of anilines is 1. The summed E-state index contributed by atoms with van der Waals surface area (Å²) in [4.78, 5) is 13.3. The first kappa shape index (κ1) is 15.3. The van der Waals surface area contributed by atoms with E-state index < -0.39 is 0 Å². The molecule has 0 aliphatic rings. The van der Waals surface area contributed by atoms with E-state index in [0.29, 0.717) is 18.1 Å². The number of nitrogens with one attached hydrogen (secondary N) is 1. The molecule has 1 N–H and O–H groups in total. The second kappa shape index (κ2) is 6.66. The molecule has 1 aromatic carbocycles. The fourth-order valence-corrected chi connectivity index (χ4v) is 2.54. The Hall–Kier alpha value is -2.61. The lowest BCUT2D eigenvalue weighted by Gasteiger charge is -2.03. The predicted octanol–water partition coefficient (Wildman–Crippen LogP) is 2.93. The molecule has 23 heavy (non-hydrogen) atoms. The van der Waals surface area contributed by atoms with Gasteiger partial charge in [0.2, 0.25) is 5.89 Å². The molecular formula is C15H15N5O2S. The van der Waals surface area contributed by atoms with Crippen LogP contribution in [0.25, 0.3) is 11.5 Å². The Bertz CT molecular complexity index is 827. The topological polar surface area (TPSA) is 85.8 Å². The van der Waals surface area contributed by atoms with Gasteiger partial charge in [-0.25, -0.2) is 0 Å². The normalized spacial score (nSPS) is 10.7. The maximum atomic E-state index is 12.2. The summed E-state index contributed by atoms with van der Waals surface area (Å²) in [7, 11) is 0. The van der Waals surface area contributed by atoms with Gasteiger partial charge < -0.3 is 4.42 Å². The SMILES string of the molecule is CCn1nccc1C(=O)Nc1nnc(-c2cccc(SC)c2)o1. The Morgan fingerprint density at radius 1 is 1.35 bits per heavy atom. The van der Waals surface area contributed by atoms with Crippen LogP contribution in [0.4, 0.5) is 6.01 Å². The number of hydrogen-bond acceptors (Lipinski definition) is 6. The van der Waals surface area contributed by atoms with Crippen molar-refractivity contribution in [1.82, 2.24) is 20.0 Å². The molecule has 0 spiro atoms. The highest BCUT2D eigenvalue weighted by Gasteiger charge is 2.15. The molecule has 7 nitrogen and oxygen atoms in total. The molecule has 3 rings (SSSR count). The number of hydrogen-bond donors (Lipinski definition) is 1. The van der Waals surface area contributed by atoms with Crippen LogP contribution in [0.5, 0.6) is 0 Å². The van der Waals surface area contributed by atoms with Crippen LogP contribution in [0.3, 0.4) is 0 Å². The van der Waals surface area contributed by atoms with E-state index in [4.69, 9.17) is 4.42 Å². The highest BCUT2D eigenvalue weighted by atomic mass is 32.2. The second-order valence-corrected chi connectivity index (χ2v) is 5.51. The molecule has 0 aliphatic heterocycles. The molecule has 0 atom stereocenters. The fraction of sp³-hybridized carbons (Fsp3) is 0.200. The van der Waals surface area contributed by atoms with Gasteiger partial charge in [0, 0.05) is 23.2 Å². The summed E-state index contributed by atoms with van der Waals surface area (Å²) in [5.41, 5.74) is 1.25. The van der Waals surface area contributed by atoms with Crippen LogP contribution >= 0.6 is 11.8 Å². The highest BCUT2D eigenvalue weighted by molar-refractivity contribution is 7.98. The fourth-order valence-electron chi connectivity index (χ4n) is 2.09. The monoisotopic (exact) mass is 329 g/mol. The smallest absolute Gasteiger partial charge is 0.322 e. The highest BCUT2D eigenvalue weighted by Crippen LogP contribution is 2.24. The van der Waals surface area contributed by atoms with Crippen molar-refractivity contribution in [3.05, 3.63) is 42.2 Å². The van der Waals surface area contributed by atoms with Gasteiger partial charge >= 0.3 is 6.01 Å². The Kier molecular flexibility index (Phi) is 4.42. The number of aryl methyl sites for hydroxylation is 1. The van der Waals surface area contributed by atoms with Gasteiger partial charge in [-0.2, -0.15) is 5.10 Å². The number of benzene rings is 1. The molecule has 0 saturated heterocycles. The maximum Gasteiger partial charge on any atom is 0.322 e. The van der Waals surface area contributed by atoms with Gasteiger partial charge in [-0.05, 0) is 37.4 Å². The Labute approximate surface area is 137 Å². The van der Waals surface area contributed by atoms with Crippen LogP contribution in [0, 0.1) is 0 Å². The van der Waals surface area contributed by atoms with Crippen molar-refractivity contribution in [2.24, 2.45) is 0 Å². The molecule has 2 aromatic heterocycles. The van der Waals surface area contributed by atoms with Crippen molar-refractivity contribution in [2.75, 3.05) is 11.6 Å². The maximum absolute atomic E-state index is 12.2. The molecule has 2 heterocycles. The molecule has 118 valence electrons. The molecule has 8 heteroatoms. The van der Waals surface area contributed by atoms with E-state index >= 15 is 0 Å². The first-order chi connectivity index (χ1) is 11.2. The summed E-state index contributed by atoms with van der Waals surface area (Å²) in [5, 5.41) is 14.5. The zero-order valence-electron chi connectivity index (χ0n) is 12.7. The van der Waals surface area contributed by atoms with Gasteiger partial charge in [-0.3, -0.25) is 14.8 Å². The number of thioether (sulfide) groups is 1. The van der Waals surface area contributed by atoms with Crippen LogP contribution in [-0.4, -0.2) is 32.1 Å². The van der Waals surface area contributed by atoms with E-state index in [9.17, 15) is 4.79 Å². The van der Waals surface area contributed by atoms with E-state index in [1.165, 1.54) is 0 Å². The molecule has 3 aromatic rings. The van der Waals surface area contributed by atoms with Crippen LogP contribution in [0.2, 0.25) is 0 Å². The summed E-state index contributed by atoms with van der Waals surface area (Å²) in [6, 6.07) is 9.45. The zero-order valence-corrected chi connectivity index (χ0v) is 13.5. The minimum absolute atomic E-state index is 0.0587. The Balaban J connectivity index is 1.78. The van der Waals surface area contributed by atoms with Crippen molar-refractivity contribution in [1.29, 1.82) is 0 Å². The predicted molar refractivity (Wildman–Crippen MR) is 87.4 cm³/mol. The lowest BCUT2D eigenvalue weighted by Crippen LogP contribution is -2.17. The number of carbonyl (C=O) groups excluding carboxylic acids is 1. The van der Waals surface area contributed by atoms with E-state index in [1.807, 2.05) is 37.4 Å². The van der Waals surface area contributed by atoms with Crippen molar-refractivity contribution in [3.63, 3.8) is 0 Å². The van der Waals surface area contributed by atoms with Crippen molar-refractivity contribution in [2.45, 2.75) is 18.4 Å². The Morgan fingerprint density at radius 2 is 2.22 bits per heavy atom. The average molecular weight is 329 g/mol. The minimum atomic E-state index is -0.336. The third-order valence-electron chi connectivity index (χ3n) is 3.21. The van der Waals surface area contributed by atoms with Gasteiger partial charge in [0.15, 0.2) is 0 Å². The Morgan fingerprint density at radius 3 is 3.00 bits per heavy atom. The van der Waals surface area contributed by atoms with Crippen molar-refractivity contribution >= 4 is 23.7 Å². The van der Waals surface area contributed by atoms with Gasteiger partial charge in [0.25, 0.3) is 5.91 Å². The summed E-state index contributed by atoms with van der Waals surface area (Å²) in [6.45, 7) is 2.51. The molecule has 0 saturated carbocycles. The van der Waals surface area contributed by atoms with Gasteiger partial charge in [0.05, 0.1) is 0 Å². The molecular weight excluding hydrogens is 314 g/mol. The number of carbonyl (C=O) groups is 1. The minimum Gasteiger partial charge on any atom is -0.403 e. The van der Waals surface area contributed by atoms with Crippen LogP contribution in [-0.2, 0) is 6.54 Å². The van der Waals surface area contributed by atoms with Crippen LogP contribution < -0.4 is 5.32 Å². The van der Waals surface area contributed by atoms with E-state index in [2.05, 4.69) is 20.6 Å². The second-order valence-electron chi connectivity index (χ2n) is 4.63. The third kappa shape index (κ3) is 3.26. The molecule has 0 unspecified atom stereocenters. The van der Waals surface area contributed by atoms with E-state index in [0.717, 1.165) is 10.5 Å². The van der Waals surface area contributed by atoms with E-state index in [1.54, 1.807) is 28.7 Å². The largest absolute Gasteiger partial charge is 0.403 e. The van der Waals surface area contributed by atoms with Crippen LogP contribution in [0.1, 0.15) is 17.4 Å².